The van der Waals surface area contributed by atoms with E-state index in [1.54, 1.807) is 0 Å². The van der Waals surface area contributed by atoms with Crippen molar-refractivity contribution in [2.24, 2.45) is 11.3 Å². The summed E-state index contributed by atoms with van der Waals surface area (Å²) < 4.78 is 5.36. The first-order chi connectivity index (χ1) is 13.2. The first-order valence-electron chi connectivity index (χ1n) is 10.4. The van der Waals surface area contributed by atoms with Crippen molar-refractivity contribution in [3.8, 4) is 0 Å². The summed E-state index contributed by atoms with van der Waals surface area (Å²) in [6, 6.07) is 3.87. The maximum Gasteiger partial charge on any atom is 0.263 e. The van der Waals surface area contributed by atoms with Crippen molar-refractivity contribution < 1.29 is 14.3 Å². The average Bonchev–Trinajstić information content (AvgIpc) is 3.36. The molecule has 2 amide bonds. The number of hydrogen-bond acceptors (Lipinski definition) is 4. The molecule has 3 aliphatic rings. The van der Waals surface area contributed by atoms with E-state index in [-0.39, 0.29) is 17.2 Å². The van der Waals surface area contributed by atoms with E-state index in [9.17, 15) is 9.59 Å². The molecule has 1 spiro atoms. The Morgan fingerprint density at radius 3 is 2.63 bits per heavy atom. The Balaban J connectivity index is 1.42. The molecule has 1 aliphatic carbocycles. The number of carbonyl (C=O) groups excluding carboxylic acids is 2. The van der Waals surface area contributed by atoms with Gasteiger partial charge in [0.1, 0.15) is 0 Å². The SMILES string of the molecule is O=C(CCC1CN(C(=O)c2cccs2)CC12CCCCC2)N1CCOCC1. The van der Waals surface area contributed by atoms with Gasteiger partial charge >= 0.3 is 0 Å². The molecule has 1 aromatic rings. The lowest BCUT2D eigenvalue weighted by Gasteiger charge is -2.38. The summed E-state index contributed by atoms with van der Waals surface area (Å²) in [7, 11) is 0. The van der Waals surface area contributed by atoms with Crippen LogP contribution in [-0.4, -0.2) is 61.0 Å². The number of nitrogens with zero attached hydrogens (tertiary/aromatic N) is 2. The van der Waals surface area contributed by atoms with Gasteiger partial charge in [-0.1, -0.05) is 25.3 Å². The van der Waals surface area contributed by atoms with Crippen molar-refractivity contribution in [1.82, 2.24) is 9.80 Å². The van der Waals surface area contributed by atoms with E-state index in [1.807, 2.05) is 22.4 Å². The predicted octanol–water partition coefficient (Wildman–Crippen LogP) is 3.41. The zero-order valence-electron chi connectivity index (χ0n) is 16.0. The second-order valence-electron chi connectivity index (χ2n) is 8.31. The van der Waals surface area contributed by atoms with Crippen molar-refractivity contribution in [2.75, 3.05) is 39.4 Å². The summed E-state index contributed by atoms with van der Waals surface area (Å²) in [4.78, 5) is 30.4. The van der Waals surface area contributed by atoms with Crippen molar-refractivity contribution in [1.29, 1.82) is 0 Å². The van der Waals surface area contributed by atoms with Crippen molar-refractivity contribution >= 4 is 23.2 Å². The first-order valence-corrected chi connectivity index (χ1v) is 11.2. The van der Waals surface area contributed by atoms with Gasteiger partial charge in [0.05, 0.1) is 18.1 Å². The lowest BCUT2D eigenvalue weighted by molar-refractivity contribution is -0.135. The van der Waals surface area contributed by atoms with Crippen LogP contribution in [0.5, 0.6) is 0 Å². The lowest BCUT2D eigenvalue weighted by atomic mass is 9.66. The number of morpholine rings is 1. The molecule has 3 fully saturated rings. The second kappa shape index (κ2) is 8.31. The van der Waals surface area contributed by atoms with Crippen molar-refractivity contribution in [3.63, 3.8) is 0 Å². The fourth-order valence-corrected chi connectivity index (χ4v) is 5.92. The van der Waals surface area contributed by atoms with Gasteiger partial charge in [-0.3, -0.25) is 9.59 Å². The molecule has 1 saturated carbocycles. The summed E-state index contributed by atoms with van der Waals surface area (Å²) in [6.45, 7) is 4.44. The molecule has 1 aromatic heterocycles. The minimum atomic E-state index is 0.178. The lowest BCUT2D eigenvalue weighted by Crippen LogP contribution is -2.41. The predicted molar refractivity (Wildman–Crippen MR) is 106 cm³/mol. The monoisotopic (exact) mass is 390 g/mol. The number of thiophene rings is 1. The van der Waals surface area contributed by atoms with E-state index in [1.165, 1.54) is 43.4 Å². The van der Waals surface area contributed by atoms with Crippen LogP contribution in [0.4, 0.5) is 0 Å². The highest BCUT2D eigenvalue weighted by Crippen LogP contribution is 2.49. The molecule has 4 rings (SSSR count). The van der Waals surface area contributed by atoms with Crippen molar-refractivity contribution in [3.05, 3.63) is 22.4 Å². The highest BCUT2D eigenvalue weighted by atomic mass is 32.1. The molecule has 5 nitrogen and oxygen atoms in total. The van der Waals surface area contributed by atoms with E-state index >= 15 is 0 Å². The summed E-state index contributed by atoms with van der Waals surface area (Å²) in [5.41, 5.74) is 0.233. The minimum absolute atomic E-state index is 0.178. The Labute approximate surface area is 165 Å². The molecule has 0 aromatic carbocycles. The zero-order chi connectivity index (χ0) is 18.7. The third-order valence-corrected chi connectivity index (χ3v) is 7.61. The van der Waals surface area contributed by atoms with Gasteiger partial charge in [0.2, 0.25) is 5.91 Å². The normalized spacial score (nSPS) is 25.1. The Morgan fingerprint density at radius 1 is 1.15 bits per heavy atom. The van der Waals surface area contributed by atoms with Gasteiger partial charge in [-0.15, -0.1) is 11.3 Å². The smallest absolute Gasteiger partial charge is 0.263 e. The van der Waals surface area contributed by atoms with Gasteiger partial charge in [-0.25, -0.2) is 0 Å². The first kappa shape index (κ1) is 18.9. The summed E-state index contributed by atoms with van der Waals surface area (Å²) in [6.07, 6.45) is 7.75. The van der Waals surface area contributed by atoms with Crippen LogP contribution in [0.1, 0.15) is 54.6 Å². The Hall–Kier alpha value is -1.40. The van der Waals surface area contributed by atoms with E-state index < -0.39 is 0 Å². The zero-order valence-corrected chi connectivity index (χ0v) is 16.8. The molecule has 2 saturated heterocycles. The standard InChI is InChI=1S/C21H30N2O3S/c24-19(22-10-12-26-13-11-22)7-6-17-15-23(20(25)18-5-4-14-27-18)16-21(17)8-2-1-3-9-21/h4-5,14,17H,1-3,6-13,15-16H2. The fraction of sp³-hybridized carbons (Fsp3) is 0.714. The Morgan fingerprint density at radius 2 is 1.93 bits per heavy atom. The molecule has 1 unspecified atom stereocenters. The molecule has 1 atom stereocenters. The Kier molecular flexibility index (Phi) is 5.83. The molecule has 0 radical (unpaired) electrons. The fourth-order valence-electron chi connectivity index (χ4n) is 5.23. The van der Waals surface area contributed by atoms with Gasteiger partial charge in [-0.05, 0) is 42.0 Å². The number of hydrogen-bond donors (Lipinski definition) is 0. The molecule has 2 aliphatic heterocycles. The van der Waals surface area contributed by atoms with Crippen LogP contribution in [-0.2, 0) is 9.53 Å². The summed E-state index contributed by atoms with van der Waals surface area (Å²) in [5, 5.41) is 1.97. The van der Waals surface area contributed by atoms with Gasteiger partial charge in [0, 0.05) is 32.6 Å². The largest absolute Gasteiger partial charge is 0.378 e. The van der Waals surface area contributed by atoms with Crippen LogP contribution in [0.25, 0.3) is 0 Å². The number of carbonyl (C=O) groups is 2. The van der Waals surface area contributed by atoms with Crippen LogP contribution in [0.15, 0.2) is 17.5 Å². The van der Waals surface area contributed by atoms with E-state index in [0.29, 0.717) is 25.6 Å². The number of likely N-dealkylation sites (tertiary alicyclic amines) is 1. The van der Waals surface area contributed by atoms with Crippen LogP contribution in [0.2, 0.25) is 0 Å². The maximum atomic E-state index is 12.9. The number of amides is 2. The van der Waals surface area contributed by atoms with Gasteiger partial charge in [0.25, 0.3) is 5.91 Å². The Bertz CT molecular complexity index is 648. The summed E-state index contributed by atoms with van der Waals surface area (Å²) >= 11 is 1.53. The molecule has 3 heterocycles. The molecule has 148 valence electrons. The topological polar surface area (TPSA) is 49.9 Å². The number of ether oxygens (including phenoxy) is 1. The van der Waals surface area contributed by atoms with Gasteiger partial charge in [0.15, 0.2) is 0 Å². The van der Waals surface area contributed by atoms with Gasteiger partial charge in [-0.2, -0.15) is 0 Å². The molecular weight excluding hydrogens is 360 g/mol. The van der Waals surface area contributed by atoms with Crippen LogP contribution in [0.3, 0.4) is 0 Å². The van der Waals surface area contributed by atoms with Gasteiger partial charge < -0.3 is 14.5 Å². The molecular formula is C21H30N2O3S. The van der Waals surface area contributed by atoms with E-state index in [0.717, 1.165) is 37.5 Å². The highest BCUT2D eigenvalue weighted by Gasteiger charge is 2.48. The molecule has 27 heavy (non-hydrogen) atoms. The van der Waals surface area contributed by atoms with E-state index in [4.69, 9.17) is 4.74 Å². The average molecular weight is 391 g/mol. The summed E-state index contributed by atoms with van der Waals surface area (Å²) in [5.74, 6) is 0.885. The molecule has 0 N–H and O–H groups in total. The third-order valence-electron chi connectivity index (χ3n) is 6.75. The second-order valence-corrected chi connectivity index (χ2v) is 9.26. The minimum Gasteiger partial charge on any atom is -0.378 e. The van der Waals surface area contributed by atoms with Crippen molar-refractivity contribution in [2.45, 2.75) is 44.9 Å². The maximum absolute atomic E-state index is 12.9. The van der Waals surface area contributed by atoms with Crippen LogP contribution in [0, 0.1) is 11.3 Å². The molecule has 0 bridgehead atoms. The molecule has 6 heteroatoms. The van der Waals surface area contributed by atoms with E-state index in [2.05, 4.69) is 4.90 Å². The van der Waals surface area contributed by atoms with Crippen LogP contribution >= 0.6 is 11.3 Å². The number of rotatable bonds is 4. The van der Waals surface area contributed by atoms with Crippen LogP contribution < -0.4 is 0 Å². The highest BCUT2D eigenvalue weighted by molar-refractivity contribution is 7.12. The third kappa shape index (κ3) is 4.06. The quantitative estimate of drug-likeness (QED) is 0.792.